The van der Waals surface area contributed by atoms with Crippen LogP contribution in [0.4, 0.5) is 10.5 Å². The number of halogens is 1. The van der Waals surface area contributed by atoms with Gasteiger partial charge < -0.3 is 15.2 Å². The number of nitrogens with two attached hydrogens (primary N) is 1. The van der Waals surface area contributed by atoms with Crippen LogP contribution in [0.2, 0.25) is 5.02 Å². The molecule has 1 saturated heterocycles. The average Bonchev–Trinajstić information content (AvgIpc) is 3.14. The van der Waals surface area contributed by atoms with Crippen molar-refractivity contribution in [3.63, 3.8) is 0 Å². The highest BCUT2D eigenvalue weighted by atomic mass is 35.5. The maximum atomic E-state index is 12.4. The summed E-state index contributed by atoms with van der Waals surface area (Å²) in [6.07, 6.45) is -0.186. The zero-order valence-corrected chi connectivity index (χ0v) is 17.5. The van der Waals surface area contributed by atoms with E-state index >= 15 is 0 Å². The van der Waals surface area contributed by atoms with Gasteiger partial charge in [0.15, 0.2) is 6.10 Å². The Morgan fingerprint density at radius 1 is 1.13 bits per heavy atom. The topological polar surface area (TPSA) is 88.6 Å². The summed E-state index contributed by atoms with van der Waals surface area (Å²) in [5.41, 5.74) is 8.86. The summed E-state index contributed by atoms with van der Waals surface area (Å²) in [4.78, 5) is 13.9. The first kappa shape index (κ1) is 20.8. The molecule has 1 unspecified atom stereocenters. The molecule has 1 amide bonds. The lowest BCUT2D eigenvalue weighted by molar-refractivity contribution is 0.105. The van der Waals surface area contributed by atoms with Crippen molar-refractivity contribution in [3.8, 4) is 5.75 Å². The monoisotopic (exact) mass is 435 g/mol. The molecule has 1 heterocycles. The molecular weight excluding hydrogens is 414 g/mol. The van der Waals surface area contributed by atoms with Gasteiger partial charge >= 0.3 is 6.09 Å². The largest absolute Gasteiger partial charge is 0.489 e. The van der Waals surface area contributed by atoms with E-state index in [2.05, 4.69) is 12.1 Å². The van der Waals surface area contributed by atoms with E-state index in [0.717, 1.165) is 11.1 Å². The minimum atomic E-state index is -0.449. The first-order valence-corrected chi connectivity index (χ1v) is 10.2. The number of carbonyl (C=O) groups excluding carboxylic acids is 1. The molecule has 158 valence electrons. The van der Waals surface area contributed by atoms with Crippen LogP contribution >= 0.6 is 11.6 Å². The number of cyclic esters (lactones) is 1. The number of benzene rings is 3. The van der Waals surface area contributed by atoms with Crippen LogP contribution in [0.25, 0.3) is 0 Å². The van der Waals surface area contributed by atoms with Crippen molar-refractivity contribution in [1.82, 2.24) is 0 Å². The lowest BCUT2D eigenvalue weighted by atomic mass is 10.0. The van der Waals surface area contributed by atoms with Crippen LogP contribution in [0, 0.1) is 5.41 Å². The van der Waals surface area contributed by atoms with E-state index < -0.39 is 12.2 Å². The smallest absolute Gasteiger partial charge is 0.414 e. The van der Waals surface area contributed by atoms with Gasteiger partial charge in [-0.05, 0) is 41.5 Å². The van der Waals surface area contributed by atoms with Gasteiger partial charge in [0.05, 0.1) is 6.54 Å². The predicted molar refractivity (Wildman–Crippen MR) is 121 cm³/mol. The molecule has 0 aliphatic carbocycles. The number of ether oxygens (including phenoxy) is 2. The molecule has 3 N–H and O–H groups in total. The summed E-state index contributed by atoms with van der Waals surface area (Å²) < 4.78 is 11.5. The molecule has 31 heavy (non-hydrogen) atoms. The Labute approximate surface area is 185 Å². The Balaban J connectivity index is 1.44. The van der Waals surface area contributed by atoms with Gasteiger partial charge in [0, 0.05) is 22.7 Å². The maximum absolute atomic E-state index is 12.4. The second-order valence-corrected chi connectivity index (χ2v) is 7.74. The SMILES string of the molecule is N=C(N)c1cccc(N2CC(COc3ccc(Cl)cc3Cc3ccccc3)OC2=O)c1. The average molecular weight is 436 g/mol. The molecule has 0 bridgehead atoms. The number of rotatable bonds is 7. The summed E-state index contributed by atoms with van der Waals surface area (Å²) in [7, 11) is 0. The molecule has 1 aliphatic heterocycles. The van der Waals surface area contributed by atoms with Crippen LogP contribution in [0.15, 0.2) is 72.8 Å². The molecule has 6 nitrogen and oxygen atoms in total. The van der Waals surface area contributed by atoms with E-state index in [0.29, 0.717) is 35.0 Å². The molecule has 0 saturated carbocycles. The number of nitrogens with one attached hydrogen (secondary N) is 1. The highest BCUT2D eigenvalue weighted by Crippen LogP contribution is 2.27. The fraction of sp³-hybridized carbons (Fsp3) is 0.167. The fourth-order valence-electron chi connectivity index (χ4n) is 3.49. The van der Waals surface area contributed by atoms with Crippen LogP contribution in [0.5, 0.6) is 5.75 Å². The van der Waals surface area contributed by atoms with Crippen molar-refractivity contribution in [1.29, 1.82) is 5.41 Å². The number of nitrogen functional groups attached to an aromatic ring is 1. The Kier molecular flexibility index (Phi) is 6.09. The standard InChI is InChI=1S/C24H22ClN3O3/c25-19-9-10-22(18(12-19)11-16-5-2-1-3-6-16)30-15-21-14-28(24(29)31-21)20-8-4-7-17(13-20)23(26)27/h1-10,12-13,21H,11,14-15H2,(H3,26,27). The van der Waals surface area contributed by atoms with Crippen molar-refractivity contribution >= 4 is 29.2 Å². The maximum Gasteiger partial charge on any atom is 0.414 e. The summed E-state index contributed by atoms with van der Waals surface area (Å²) in [6, 6.07) is 22.6. The Morgan fingerprint density at radius 3 is 2.71 bits per heavy atom. The lowest BCUT2D eigenvalue weighted by Gasteiger charge is -2.15. The molecule has 0 spiro atoms. The van der Waals surface area contributed by atoms with E-state index in [1.165, 1.54) is 4.90 Å². The first-order chi connectivity index (χ1) is 15.0. The normalized spacial score (nSPS) is 15.6. The van der Waals surface area contributed by atoms with Gasteiger partial charge in [0.2, 0.25) is 0 Å². The van der Waals surface area contributed by atoms with Crippen LogP contribution < -0.4 is 15.4 Å². The van der Waals surface area contributed by atoms with Crippen LogP contribution in [-0.4, -0.2) is 31.2 Å². The van der Waals surface area contributed by atoms with Gasteiger partial charge in [-0.25, -0.2) is 4.79 Å². The molecule has 4 rings (SSSR count). The molecule has 1 aliphatic rings. The van der Waals surface area contributed by atoms with Crippen LogP contribution in [0.3, 0.4) is 0 Å². The minimum absolute atomic E-state index is 0.0528. The zero-order chi connectivity index (χ0) is 21.8. The third-order valence-electron chi connectivity index (χ3n) is 5.03. The van der Waals surface area contributed by atoms with Crippen molar-refractivity contribution < 1.29 is 14.3 Å². The van der Waals surface area contributed by atoms with Crippen LogP contribution in [-0.2, 0) is 11.2 Å². The van der Waals surface area contributed by atoms with Gasteiger partial charge in [-0.3, -0.25) is 10.3 Å². The molecule has 0 aromatic heterocycles. The van der Waals surface area contributed by atoms with Gasteiger partial charge in [-0.15, -0.1) is 0 Å². The minimum Gasteiger partial charge on any atom is -0.489 e. The summed E-state index contributed by atoms with van der Waals surface area (Å²) in [5, 5.41) is 8.22. The van der Waals surface area contributed by atoms with E-state index in [1.807, 2.05) is 30.3 Å². The molecule has 0 radical (unpaired) electrons. The highest BCUT2D eigenvalue weighted by molar-refractivity contribution is 6.30. The van der Waals surface area contributed by atoms with Crippen molar-refractivity contribution in [2.45, 2.75) is 12.5 Å². The highest BCUT2D eigenvalue weighted by Gasteiger charge is 2.33. The molecule has 1 fully saturated rings. The third kappa shape index (κ3) is 4.98. The van der Waals surface area contributed by atoms with Gasteiger partial charge in [0.1, 0.15) is 18.2 Å². The summed E-state index contributed by atoms with van der Waals surface area (Å²) in [6.45, 7) is 0.569. The van der Waals surface area contributed by atoms with Gasteiger partial charge in [-0.1, -0.05) is 54.1 Å². The van der Waals surface area contributed by atoms with Gasteiger partial charge in [-0.2, -0.15) is 0 Å². The zero-order valence-electron chi connectivity index (χ0n) is 16.8. The number of nitrogens with zero attached hydrogens (tertiary/aromatic N) is 1. The van der Waals surface area contributed by atoms with Crippen molar-refractivity contribution in [2.24, 2.45) is 5.73 Å². The van der Waals surface area contributed by atoms with Crippen molar-refractivity contribution in [3.05, 3.63) is 94.5 Å². The first-order valence-electron chi connectivity index (χ1n) is 9.87. The van der Waals surface area contributed by atoms with E-state index in [9.17, 15) is 4.79 Å². The second-order valence-electron chi connectivity index (χ2n) is 7.31. The molecule has 7 heteroatoms. The van der Waals surface area contributed by atoms with Crippen molar-refractivity contribution in [2.75, 3.05) is 18.1 Å². The quantitative estimate of drug-likeness (QED) is 0.418. The number of amidine groups is 1. The summed E-state index contributed by atoms with van der Waals surface area (Å²) in [5.74, 6) is 0.657. The third-order valence-corrected chi connectivity index (χ3v) is 5.26. The predicted octanol–water partition coefficient (Wildman–Crippen LogP) is 4.62. The number of amides is 1. The Morgan fingerprint density at radius 2 is 1.94 bits per heavy atom. The van der Waals surface area contributed by atoms with E-state index in [4.69, 9.17) is 32.2 Å². The molecule has 3 aromatic rings. The number of hydrogen-bond donors (Lipinski definition) is 2. The molecule has 3 aromatic carbocycles. The fourth-order valence-corrected chi connectivity index (χ4v) is 3.68. The lowest BCUT2D eigenvalue weighted by Crippen LogP contribution is -2.27. The Hall–Kier alpha value is -3.51. The number of carbonyl (C=O) groups is 1. The summed E-state index contributed by atoms with van der Waals surface area (Å²) >= 11 is 6.20. The number of hydrogen-bond acceptors (Lipinski definition) is 4. The Bertz CT molecular complexity index is 1100. The van der Waals surface area contributed by atoms with E-state index in [-0.39, 0.29) is 12.4 Å². The number of anilines is 1. The van der Waals surface area contributed by atoms with Crippen LogP contribution in [0.1, 0.15) is 16.7 Å². The molecular formula is C24H22ClN3O3. The van der Waals surface area contributed by atoms with Gasteiger partial charge in [0.25, 0.3) is 0 Å². The van der Waals surface area contributed by atoms with E-state index in [1.54, 1.807) is 30.3 Å². The molecule has 1 atom stereocenters. The second kappa shape index (κ2) is 9.10.